The molecule has 1 aliphatic rings. The smallest absolute Gasteiger partial charge is 0.255 e. The van der Waals surface area contributed by atoms with Crippen LogP contribution < -0.4 is 16.0 Å². The number of carbonyl (C=O) groups is 1. The third-order valence-corrected chi connectivity index (χ3v) is 4.80. The van der Waals surface area contributed by atoms with E-state index in [0.29, 0.717) is 27.1 Å². The monoisotopic (exact) mass is 387 g/mol. The topological polar surface area (TPSA) is 73.4 Å². The van der Waals surface area contributed by atoms with Gasteiger partial charge in [0, 0.05) is 16.4 Å². The first kappa shape index (κ1) is 18.2. The Morgan fingerprint density at radius 1 is 1.19 bits per heavy atom. The molecule has 0 bridgehead atoms. The molecule has 0 aromatic heterocycles. The second-order valence-electron chi connectivity index (χ2n) is 6.08. The number of allylic oxidation sites excluding steroid dienone is 1. The molecule has 7 heteroatoms. The number of carbonyl (C=O) groups excluding carboxylic acids is 1. The van der Waals surface area contributed by atoms with Crippen LogP contribution >= 0.6 is 23.8 Å². The van der Waals surface area contributed by atoms with Gasteiger partial charge in [-0.25, -0.2) is 0 Å². The lowest BCUT2D eigenvalue weighted by atomic mass is 9.95. The maximum Gasteiger partial charge on any atom is 0.255 e. The zero-order valence-electron chi connectivity index (χ0n) is 14.3. The van der Waals surface area contributed by atoms with E-state index in [2.05, 4.69) is 16.0 Å². The number of anilines is 1. The highest BCUT2D eigenvalue weighted by atomic mass is 35.5. The van der Waals surface area contributed by atoms with E-state index in [1.165, 1.54) is 0 Å². The molecule has 0 aliphatic carbocycles. The van der Waals surface area contributed by atoms with Crippen LogP contribution in [0.25, 0.3) is 0 Å². The zero-order chi connectivity index (χ0) is 18.8. The predicted octanol–water partition coefficient (Wildman–Crippen LogP) is 3.79. The molecule has 0 spiro atoms. The third kappa shape index (κ3) is 3.81. The maximum absolute atomic E-state index is 12.9. The van der Waals surface area contributed by atoms with Crippen molar-refractivity contribution >= 4 is 40.5 Å². The maximum atomic E-state index is 12.9. The van der Waals surface area contributed by atoms with Gasteiger partial charge in [-0.3, -0.25) is 4.79 Å². The summed E-state index contributed by atoms with van der Waals surface area (Å²) in [4.78, 5) is 12.9. The van der Waals surface area contributed by atoms with Crippen LogP contribution in [0.1, 0.15) is 24.1 Å². The second-order valence-corrected chi connectivity index (χ2v) is 6.90. The van der Waals surface area contributed by atoms with Crippen molar-refractivity contribution in [1.82, 2.24) is 10.6 Å². The van der Waals surface area contributed by atoms with Gasteiger partial charge in [0.1, 0.15) is 5.75 Å². The summed E-state index contributed by atoms with van der Waals surface area (Å²) in [6.45, 7) is 3.70. The summed E-state index contributed by atoms with van der Waals surface area (Å²) in [6.07, 6.45) is 0. The average molecular weight is 388 g/mol. The molecule has 0 unspecified atom stereocenters. The summed E-state index contributed by atoms with van der Waals surface area (Å²) < 4.78 is 0. The molecule has 2 aromatic carbocycles. The molecule has 4 N–H and O–H groups in total. The van der Waals surface area contributed by atoms with E-state index in [4.69, 9.17) is 23.8 Å². The van der Waals surface area contributed by atoms with Gasteiger partial charge in [0.05, 0.1) is 11.6 Å². The Morgan fingerprint density at radius 2 is 1.88 bits per heavy atom. The SMILES string of the molecule is CC1=C(C(=O)Nc2ccc(C)c(Cl)c2)[C@H](c2ccc(O)cc2)NC(=S)N1. The normalized spacial score (nSPS) is 16.7. The van der Waals surface area contributed by atoms with Gasteiger partial charge in [-0.1, -0.05) is 29.8 Å². The van der Waals surface area contributed by atoms with Crippen molar-refractivity contribution in [2.75, 3.05) is 5.32 Å². The van der Waals surface area contributed by atoms with Crippen LogP contribution in [0.5, 0.6) is 5.75 Å². The van der Waals surface area contributed by atoms with Gasteiger partial charge < -0.3 is 21.1 Å². The molecule has 26 heavy (non-hydrogen) atoms. The van der Waals surface area contributed by atoms with Crippen LogP contribution in [0.2, 0.25) is 5.02 Å². The number of phenolic OH excluding ortho intramolecular Hbond substituents is 1. The van der Waals surface area contributed by atoms with Crippen LogP contribution in [0.3, 0.4) is 0 Å². The van der Waals surface area contributed by atoms with Crippen molar-refractivity contribution in [3.05, 3.63) is 69.9 Å². The van der Waals surface area contributed by atoms with Crippen LogP contribution in [0, 0.1) is 6.92 Å². The summed E-state index contributed by atoms with van der Waals surface area (Å²) in [5, 5.41) is 19.5. The van der Waals surface area contributed by atoms with Gasteiger partial charge in [-0.05, 0) is 61.5 Å². The fourth-order valence-corrected chi connectivity index (χ4v) is 3.23. The average Bonchev–Trinajstić information content (AvgIpc) is 2.58. The van der Waals surface area contributed by atoms with Gasteiger partial charge in [0.25, 0.3) is 5.91 Å². The summed E-state index contributed by atoms with van der Waals surface area (Å²) in [5.74, 6) is -0.103. The molecule has 0 saturated heterocycles. The van der Waals surface area contributed by atoms with Crippen LogP contribution in [-0.2, 0) is 4.79 Å². The molecular formula is C19H18ClN3O2S. The van der Waals surface area contributed by atoms with Crippen molar-refractivity contribution < 1.29 is 9.90 Å². The third-order valence-electron chi connectivity index (χ3n) is 4.17. The lowest BCUT2D eigenvalue weighted by Gasteiger charge is -2.30. The molecular weight excluding hydrogens is 370 g/mol. The molecule has 5 nitrogen and oxygen atoms in total. The number of thiocarbonyl (C=S) groups is 1. The minimum absolute atomic E-state index is 0.159. The Labute approximate surface area is 162 Å². The number of hydrogen-bond acceptors (Lipinski definition) is 3. The predicted molar refractivity (Wildman–Crippen MR) is 107 cm³/mol. The molecule has 0 saturated carbocycles. The first-order chi connectivity index (χ1) is 12.3. The van der Waals surface area contributed by atoms with E-state index < -0.39 is 6.04 Å². The second kappa shape index (κ2) is 7.35. The number of phenols is 1. The highest BCUT2D eigenvalue weighted by Crippen LogP contribution is 2.29. The largest absolute Gasteiger partial charge is 0.508 e. The Bertz CT molecular complexity index is 910. The van der Waals surface area contributed by atoms with Crippen LogP contribution in [-0.4, -0.2) is 16.1 Å². The molecule has 2 aromatic rings. The summed E-state index contributed by atoms with van der Waals surface area (Å²) in [5.41, 5.74) is 3.55. The van der Waals surface area contributed by atoms with Gasteiger partial charge in [-0.2, -0.15) is 0 Å². The molecule has 0 radical (unpaired) electrons. The quantitative estimate of drug-likeness (QED) is 0.603. The highest BCUT2D eigenvalue weighted by molar-refractivity contribution is 7.80. The summed E-state index contributed by atoms with van der Waals surface area (Å²) in [7, 11) is 0. The summed E-state index contributed by atoms with van der Waals surface area (Å²) in [6, 6.07) is 11.6. The number of aryl methyl sites for hydroxylation is 1. The number of aromatic hydroxyl groups is 1. The van der Waals surface area contributed by atoms with Crippen LogP contribution in [0.4, 0.5) is 5.69 Å². The van der Waals surface area contributed by atoms with Crippen molar-refractivity contribution in [2.45, 2.75) is 19.9 Å². The molecule has 1 aliphatic heterocycles. The summed E-state index contributed by atoms with van der Waals surface area (Å²) >= 11 is 11.4. The number of hydrogen-bond donors (Lipinski definition) is 4. The fourth-order valence-electron chi connectivity index (χ4n) is 2.78. The lowest BCUT2D eigenvalue weighted by molar-refractivity contribution is -0.113. The van der Waals surface area contributed by atoms with Gasteiger partial charge in [0.15, 0.2) is 5.11 Å². The minimum Gasteiger partial charge on any atom is -0.508 e. The van der Waals surface area contributed by atoms with Crippen molar-refractivity contribution in [3.63, 3.8) is 0 Å². The van der Waals surface area contributed by atoms with Crippen LogP contribution in [0.15, 0.2) is 53.7 Å². The van der Waals surface area contributed by atoms with E-state index in [1.807, 2.05) is 13.0 Å². The highest BCUT2D eigenvalue weighted by Gasteiger charge is 2.29. The van der Waals surface area contributed by atoms with E-state index in [0.717, 1.165) is 11.1 Å². The van der Waals surface area contributed by atoms with E-state index in [1.54, 1.807) is 43.3 Å². The number of halogens is 1. The van der Waals surface area contributed by atoms with Crippen molar-refractivity contribution in [2.24, 2.45) is 0 Å². The standard InChI is InChI=1S/C19H18ClN3O2S/c1-10-3-6-13(9-15(10)20)22-18(25)16-11(2)21-19(26)23-17(16)12-4-7-14(24)8-5-12/h3-9,17,24H,1-2H3,(H,22,25)(H2,21,23,26)/t17-/m0/s1. The first-order valence-electron chi connectivity index (χ1n) is 8.00. The Balaban J connectivity index is 1.93. The minimum atomic E-state index is -0.426. The molecule has 1 heterocycles. The zero-order valence-corrected chi connectivity index (χ0v) is 15.8. The number of nitrogens with one attached hydrogen (secondary N) is 3. The first-order valence-corrected chi connectivity index (χ1v) is 8.78. The Morgan fingerprint density at radius 3 is 2.54 bits per heavy atom. The van der Waals surface area contributed by atoms with E-state index >= 15 is 0 Å². The molecule has 1 atom stereocenters. The molecule has 3 rings (SSSR count). The van der Waals surface area contributed by atoms with Gasteiger partial charge in [-0.15, -0.1) is 0 Å². The molecule has 134 valence electrons. The van der Waals surface area contributed by atoms with Gasteiger partial charge >= 0.3 is 0 Å². The lowest BCUT2D eigenvalue weighted by Crippen LogP contribution is -2.45. The number of amides is 1. The van der Waals surface area contributed by atoms with E-state index in [-0.39, 0.29) is 11.7 Å². The van der Waals surface area contributed by atoms with Crippen molar-refractivity contribution in [3.8, 4) is 5.75 Å². The number of rotatable bonds is 3. The number of benzene rings is 2. The van der Waals surface area contributed by atoms with Crippen molar-refractivity contribution in [1.29, 1.82) is 0 Å². The van der Waals surface area contributed by atoms with Gasteiger partial charge in [0.2, 0.25) is 0 Å². The Hall–Kier alpha value is -2.57. The van der Waals surface area contributed by atoms with E-state index in [9.17, 15) is 9.90 Å². The molecule has 1 amide bonds. The Kier molecular flexibility index (Phi) is 5.15. The molecule has 0 fully saturated rings. The fraction of sp³-hybridized carbons (Fsp3) is 0.158.